The van der Waals surface area contributed by atoms with E-state index in [2.05, 4.69) is 35.2 Å². The number of nitrogens with zero attached hydrogens (tertiary/aromatic N) is 1. The van der Waals surface area contributed by atoms with Gasteiger partial charge >= 0.3 is 0 Å². The van der Waals surface area contributed by atoms with Crippen molar-refractivity contribution in [2.24, 2.45) is 5.92 Å². The van der Waals surface area contributed by atoms with E-state index in [9.17, 15) is 4.79 Å². The van der Waals surface area contributed by atoms with Crippen molar-refractivity contribution in [1.82, 2.24) is 4.90 Å². The maximum Gasteiger partial charge on any atom is 0.161 e. The standard InChI is InChI=1S/C19H25NO/c1-3-14(2)19(21)16-11-17-9-10-18(12-16)20(17)13-15-7-5-4-6-8-15/h3-8,16-18H,9-13H2,1-2H3. The van der Waals surface area contributed by atoms with Gasteiger partial charge in [0.15, 0.2) is 5.78 Å². The van der Waals surface area contributed by atoms with Crippen LogP contribution in [-0.4, -0.2) is 22.8 Å². The van der Waals surface area contributed by atoms with Crippen molar-refractivity contribution in [1.29, 1.82) is 0 Å². The fourth-order valence-electron chi connectivity index (χ4n) is 4.00. The van der Waals surface area contributed by atoms with Crippen LogP contribution in [0.25, 0.3) is 0 Å². The van der Waals surface area contributed by atoms with Crippen LogP contribution in [0.4, 0.5) is 0 Å². The lowest BCUT2D eigenvalue weighted by Crippen LogP contribution is -2.44. The number of hydrogen-bond donors (Lipinski definition) is 0. The molecule has 2 heteroatoms. The second-order valence-electron chi connectivity index (χ2n) is 6.55. The highest BCUT2D eigenvalue weighted by Gasteiger charge is 2.42. The first-order valence-corrected chi connectivity index (χ1v) is 8.16. The topological polar surface area (TPSA) is 20.3 Å². The van der Waals surface area contributed by atoms with E-state index in [1.54, 1.807) is 0 Å². The molecule has 0 aromatic heterocycles. The van der Waals surface area contributed by atoms with Gasteiger partial charge in [-0.3, -0.25) is 9.69 Å². The summed E-state index contributed by atoms with van der Waals surface area (Å²) in [6.45, 7) is 4.96. The van der Waals surface area contributed by atoms with Gasteiger partial charge in [0.25, 0.3) is 0 Å². The number of carbonyl (C=O) groups excluding carboxylic acids is 1. The molecule has 2 heterocycles. The molecule has 0 radical (unpaired) electrons. The lowest BCUT2D eigenvalue weighted by atomic mass is 9.84. The average molecular weight is 283 g/mol. The number of carbonyl (C=O) groups is 1. The van der Waals surface area contributed by atoms with E-state index in [0.717, 1.165) is 25.0 Å². The Labute approximate surface area is 127 Å². The summed E-state index contributed by atoms with van der Waals surface area (Å²) in [5.41, 5.74) is 2.33. The fraction of sp³-hybridized carbons (Fsp3) is 0.526. The highest BCUT2D eigenvalue weighted by molar-refractivity contribution is 5.96. The van der Waals surface area contributed by atoms with Crippen molar-refractivity contribution in [3.8, 4) is 0 Å². The number of rotatable bonds is 4. The molecule has 21 heavy (non-hydrogen) atoms. The molecule has 1 aromatic carbocycles. The van der Waals surface area contributed by atoms with Crippen LogP contribution in [0.3, 0.4) is 0 Å². The van der Waals surface area contributed by atoms with Crippen LogP contribution >= 0.6 is 0 Å². The number of Topliss-reactive ketones (excluding diaryl/α,β-unsaturated/α-hetero) is 1. The first-order valence-electron chi connectivity index (χ1n) is 8.16. The van der Waals surface area contributed by atoms with E-state index in [1.807, 2.05) is 19.9 Å². The van der Waals surface area contributed by atoms with E-state index in [-0.39, 0.29) is 5.92 Å². The zero-order valence-electron chi connectivity index (χ0n) is 13.1. The minimum absolute atomic E-state index is 0.255. The first-order chi connectivity index (χ1) is 10.2. The number of fused-ring (bicyclic) bond motifs is 2. The molecular formula is C19H25NO. The lowest BCUT2D eigenvalue weighted by Gasteiger charge is -2.38. The van der Waals surface area contributed by atoms with E-state index in [4.69, 9.17) is 0 Å². The summed E-state index contributed by atoms with van der Waals surface area (Å²) < 4.78 is 0. The molecule has 2 atom stereocenters. The molecule has 2 bridgehead atoms. The van der Waals surface area contributed by atoms with Crippen LogP contribution in [0.5, 0.6) is 0 Å². The van der Waals surface area contributed by atoms with Crippen LogP contribution in [0, 0.1) is 5.92 Å². The quantitative estimate of drug-likeness (QED) is 0.779. The first kappa shape index (κ1) is 14.5. The Morgan fingerprint density at radius 2 is 1.81 bits per heavy atom. The molecule has 112 valence electrons. The van der Waals surface area contributed by atoms with Crippen LogP contribution in [0.15, 0.2) is 42.0 Å². The van der Waals surface area contributed by atoms with Crippen LogP contribution in [0.2, 0.25) is 0 Å². The number of benzene rings is 1. The molecule has 0 spiro atoms. The van der Waals surface area contributed by atoms with Crippen molar-refractivity contribution in [2.75, 3.05) is 0 Å². The zero-order valence-corrected chi connectivity index (χ0v) is 13.1. The molecule has 2 aliphatic rings. The second kappa shape index (κ2) is 6.15. The van der Waals surface area contributed by atoms with Gasteiger partial charge in [0.2, 0.25) is 0 Å². The number of hydrogen-bond acceptors (Lipinski definition) is 2. The molecule has 3 rings (SSSR count). The third kappa shape index (κ3) is 2.96. The smallest absolute Gasteiger partial charge is 0.161 e. The van der Waals surface area contributed by atoms with Gasteiger partial charge in [-0.25, -0.2) is 0 Å². The predicted molar refractivity (Wildman–Crippen MR) is 86.0 cm³/mol. The van der Waals surface area contributed by atoms with Crippen LogP contribution in [-0.2, 0) is 11.3 Å². The SMILES string of the molecule is CC=C(C)C(=O)C1CC2CCC(C1)N2Cc1ccccc1. The molecule has 2 nitrogen and oxygen atoms in total. The van der Waals surface area contributed by atoms with Crippen molar-refractivity contribution < 1.29 is 4.79 Å². The molecule has 2 saturated heterocycles. The maximum absolute atomic E-state index is 12.4. The number of allylic oxidation sites excluding steroid dienone is 2. The lowest BCUT2D eigenvalue weighted by molar-refractivity contribution is -0.121. The molecule has 2 fully saturated rings. The van der Waals surface area contributed by atoms with E-state index < -0.39 is 0 Å². The molecule has 0 amide bonds. The van der Waals surface area contributed by atoms with Crippen molar-refractivity contribution in [3.05, 3.63) is 47.5 Å². The summed E-state index contributed by atoms with van der Waals surface area (Å²) in [4.78, 5) is 15.1. The summed E-state index contributed by atoms with van der Waals surface area (Å²) in [5.74, 6) is 0.638. The second-order valence-corrected chi connectivity index (χ2v) is 6.55. The molecule has 2 unspecified atom stereocenters. The van der Waals surface area contributed by atoms with Gasteiger partial charge in [0, 0.05) is 24.5 Å². The van der Waals surface area contributed by atoms with Crippen molar-refractivity contribution >= 4 is 5.78 Å². The molecule has 0 saturated carbocycles. The Bertz CT molecular complexity index is 520. The number of piperidine rings is 1. The molecule has 2 aliphatic heterocycles. The monoisotopic (exact) mass is 283 g/mol. The molecule has 1 aromatic rings. The normalized spacial score (nSPS) is 29.6. The maximum atomic E-state index is 12.4. The van der Waals surface area contributed by atoms with Gasteiger partial charge in [-0.2, -0.15) is 0 Å². The Kier molecular flexibility index (Phi) is 4.25. The fourth-order valence-corrected chi connectivity index (χ4v) is 4.00. The zero-order chi connectivity index (χ0) is 14.8. The largest absolute Gasteiger partial charge is 0.294 e. The van der Waals surface area contributed by atoms with Gasteiger partial charge in [0.1, 0.15) is 0 Å². The Morgan fingerprint density at radius 1 is 1.19 bits per heavy atom. The number of ketones is 1. The summed E-state index contributed by atoms with van der Waals surface area (Å²) >= 11 is 0. The Morgan fingerprint density at radius 3 is 2.38 bits per heavy atom. The van der Waals surface area contributed by atoms with Gasteiger partial charge in [-0.05, 0) is 50.7 Å². The van der Waals surface area contributed by atoms with Crippen LogP contribution in [0.1, 0.15) is 45.1 Å². The summed E-state index contributed by atoms with van der Waals surface area (Å²) in [7, 11) is 0. The van der Waals surface area contributed by atoms with Crippen LogP contribution < -0.4 is 0 Å². The van der Waals surface area contributed by atoms with Crippen molar-refractivity contribution in [2.45, 2.75) is 58.2 Å². The predicted octanol–water partition coefficient (Wildman–Crippen LogP) is 3.96. The van der Waals surface area contributed by atoms with Crippen molar-refractivity contribution in [3.63, 3.8) is 0 Å². The molecular weight excluding hydrogens is 258 g/mol. The minimum Gasteiger partial charge on any atom is -0.294 e. The average Bonchev–Trinajstić information content (AvgIpc) is 2.76. The highest BCUT2D eigenvalue weighted by Crippen LogP contribution is 2.40. The van der Waals surface area contributed by atoms with Gasteiger partial charge in [-0.1, -0.05) is 36.4 Å². The van der Waals surface area contributed by atoms with Gasteiger partial charge in [-0.15, -0.1) is 0 Å². The Balaban J connectivity index is 1.69. The highest BCUT2D eigenvalue weighted by atomic mass is 16.1. The molecule has 0 N–H and O–H groups in total. The summed E-state index contributed by atoms with van der Waals surface area (Å²) in [6, 6.07) is 11.9. The molecule has 0 aliphatic carbocycles. The van der Waals surface area contributed by atoms with Gasteiger partial charge < -0.3 is 0 Å². The summed E-state index contributed by atoms with van der Waals surface area (Å²) in [5, 5.41) is 0. The van der Waals surface area contributed by atoms with E-state index >= 15 is 0 Å². The minimum atomic E-state index is 0.255. The van der Waals surface area contributed by atoms with E-state index in [1.165, 1.54) is 18.4 Å². The third-order valence-electron chi connectivity index (χ3n) is 5.28. The third-order valence-corrected chi connectivity index (χ3v) is 5.28. The Hall–Kier alpha value is -1.41. The van der Waals surface area contributed by atoms with Gasteiger partial charge in [0.05, 0.1) is 0 Å². The van der Waals surface area contributed by atoms with E-state index in [0.29, 0.717) is 17.9 Å². The summed E-state index contributed by atoms with van der Waals surface area (Å²) in [6.07, 6.45) is 6.58.